The minimum Gasteiger partial charge on any atom is -0.461 e. The molecule has 0 radical (unpaired) electrons. The molecule has 44 heavy (non-hydrogen) atoms. The standard InChI is InChI=1S/C33H29F2N7O2/c1-2-20-23(34)6-7-24-27(20)21(15-26(36)38-24)30-28(35)31-22(16-37-30)29(25-8-5-19-17-43-14-13-42(19)25)39-32(40-31)44-18-33-9-3-11-41(33)12-4-10-33/h1,5-8,15-16H,3-4,9-14,17-18H2,(H2,36,38). The molecular weight excluding hydrogens is 564 g/mol. The lowest BCUT2D eigenvalue weighted by atomic mass is 9.95. The molecule has 0 bridgehead atoms. The average molecular weight is 594 g/mol. The van der Waals surface area contributed by atoms with E-state index in [0.717, 1.165) is 50.2 Å². The zero-order valence-corrected chi connectivity index (χ0v) is 23.9. The third-order valence-electron chi connectivity index (χ3n) is 9.31. The largest absolute Gasteiger partial charge is 0.461 e. The third kappa shape index (κ3) is 4.12. The van der Waals surface area contributed by atoms with Crippen LogP contribution in [0.5, 0.6) is 6.01 Å². The lowest BCUT2D eigenvalue weighted by Crippen LogP contribution is -2.43. The minimum atomic E-state index is -0.717. The highest BCUT2D eigenvalue weighted by atomic mass is 19.1. The van der Waals surface area contributed by atoms with Crippen LogP contribution in [0.15, 0.2) is 36.5 Å². The fraction of sp³-hybridized carbons (Fsp3) is 0.333. The Morgan fingerprint density at radius 1 is 1.05 bits per heavy atom. The summed E-state index contributed by atoms with van der Waals surface area (Å²) < 4.78 is 45.7. The van der Waals surface area contributed by atoms with E-state index in [1.165, 1.54) is 24.4 Å². The van der Waals surface area contributed by atoms with Crippen molar-refractivity contribution >= 4 is 27.6 Å². The van der Waals surface area contributed by atoms with Crippen LogP contribution in [0.2, 0.25) is 0 Å². The molecule has 222 valence electrons. The lowest BCUT2D eigenvalue weighted by Gasteiger charge is -2.31. The van der Waals surface area contributed by atoms with Gasteiger partial charge in [-0.05, 0) is 69.1 Å². The van der Waals surface area contributed by atoms with Crippen molar-refractivity contribution in [2.45, 2.75) is 44.4 Å². The summed E-state index contributed by atoms with van der Waals surface area (Å²) in [6.07, 6.45) is 11.6. The number of terminal acetylenes is 1. The first-order chi connectivity index (χ1) is 21.5. The number of hydrogen-bond acceptors (Lipinski definition) is 8. The molecule has 0 unspecified atom stereocenters. The molecule has 3 aliphatic rings. The molecule has 2 saturated heterocycles. The van der Waals surface area contributed by atoms with Crippen LogP contribution in [0.4, 0.5) is 14.6 Å². The Balaban J connectivity index is 1.33. The minimum absolute atomic E-state index is 0.0343. The fourth-order valence-electron chi connectivity index (χ4n) is 7.23. The Morgan fingerprint density at radius 2 is 1.89 bits per heavy atom. The van der Waals surface area contributed by atoms with Crippen molar-refractivity contribution in [3.63, 3.8) is 0 Å². The number of nitrogen functional groups attached to an aromatic ring is 1. The second-order valence-corrected chi connectivity index (χ2v) is 11.7. The third-order valence-corrected chi connectivity index (χ3v) is 9.31. The maximum Gasteiger partial charge on any atom is 0.317 e. The highest BCUT2D eigenvalue weighted by molar-refractivity contribution is 6.01. The number of nitrogens with two attached hydrogens (primary N) is 1. The Hall–Kier alpha value is -4.66. The number of pyridine rings is 2. The zero-order chi connectivity index (χ0) is 30.0. The SMILES string of the molecule is C#Cc1c(F)ccc2nc(N)cc(-c3ncc4c(-c5ccc6n5CCOC6)nc(OCC56CCCN5CCC6)nc4c3F)c12. The van der Waals surface area contributed by atoms with E-state index >= 15 is 4.39 Å². The summed E-state index contributed by atoms with van der Waals surface area (Å²) in [5.41, 5.74) is 8.85. The van der Waals surface area contributed by atoms with Gasteiger partial charge in [0.1, 0.15) is 35.1 Å². The van der Waals surface area contributed by atoms with Gasteiger partial charge in [-0.2, -0.15) is 9.97 Å². The molecular formula is C33H29F2N7O2. The Kier molecular flexibility index (Phi) is 6.25. The maximum atomic E-state index is 16.8. The highest BCUT2D eigenvalue weighted by Gasteiger charge is 2.45. The van der Waals surface area contributed by atoms with Crippen LogP contribution in [0.3, 0.4) is 0 Å². The molecule has 0 atom stereocenters. The van der Waals surface area contributed by atoms with Crippen molar-refractivity contribution in [3.05, 3.63) is 59.4 Å². The predicted molar refractivity (Wildman–Crippen MR) is 162 cm³/mol. The number of fused-ring (bicyclic) bond motifs is 4. The van der Waals surface area contributed by atoms with Crippen molar-refractivity contribution in [2.75, 3.05) is 32.0 Å². The summed E-state index contributed by atoms with van der Waals surface area (Å²) in [4.78, 5) is 20.8. The van der Waals surface area contributed by atoms with Gasteiger partial charge < -0.3 is 19.8 Å². The van der Waals surface area contributed by atoms with Crippen molar-refractivity contribution in [1.29, 1.82) is 0 Å². The van der Waals surface area contributed by atoms with Crippen LogP contribution in [0.25, 0.3) is 44.5 Å². The summed E-state index contributed by atoms with van der Waals surface area (Å²) in [5, 5.41) is 0.669. The van der Waals surface area contributed by atoms with Crippen LogP contribution in [0.1, 0.15) is 36.9 Å². The zero-order valence-electron chi connectivity index (χ0n) is 23.9. The molecule has 8 rings (SSSR count). The molecule has 7 heterocycles. The Bertz CT molecular complexity index is 2010. The van der Waals surface area contributed by atoms with Gasteiger partial charge in [-0.3, -0.25) is 9.88 Å². The van der Waals surface area contributed by atoms with Gasteiger partial charge in [0.05, 0.1) is 35.5 Å². The number of nitrogens with zero attached hydrogens (tertiary/aromatic N) is 6. The van der Waals surface area contributed by atoms with Crippen LogP contribution < -0.4 is 10.5 Å². The van der Waals surface area contributed by atoms with Crippen molar-refractivity contribution in [2.24, 2.45) is 0 Å². The monoisotopic (exact) mass is 593 g/mol. The summed E-state index contributed by atoms with van der Waals surface area (Å²) in [5.74, 6) is 1.16. The molecule has 0 spiro atoms. The summed E-state index contributed by atoms with van der Waals surface area (Å²) in [6.45, 7) is 4.20. The number of aromatic nitrogens is 5. The van der Waals surface area contributed by atoms with Crippen molar-refractivity contribution in [1.82, 2.24) is 29.4 Å². The molecule has 5 aromatic rings. The maximum absolute atomic E-state index is 16.8. The van der Waals surface area contributed by atoms with Gasteiger partial charge in [0.15, 0.2) is 5.82 Å². The van der Waals surface area contributed by atoms with Crippen LogP contribution >= 0.6 is 0 Å². The van der Waals surface area contributed by atoms with E-state index in [9.17, 15) is 4.39 Å². The van der Waals surface area contributed by atoms with Gasteiger partial charge in [0.25, 0.3) is 0 Å². The molecule has 11 heteroatoms. The van der Waals surface area contributed by atoms with E-state index in [1.54, 1.807) is 0 Å². The topological polar surface area (TPSA) is 104 Å². The second-order valence-electron chi connectivity index (χ2n) is 11.7. The first-order valence-corrected chi connectivity index (χ1v) is 14.8. The first-order valence-electron chi connectivity index (χ1n) is 14.8. The molecule has 0 aliphatic carbocycles. The number of halogens is 2. The van der Waals surface area contributed by atoms with E-state index in [4.69, 9.17) is 26.6 Å². The number of anilines is 1. The van der Waals surface area contributed by atoms with E-state index in [0.29, 0.717) is 43.0 Å². The molecule has 0 saturated carbocycles. The van der Waals surface area contributed by atoms with E-state index in [-0.39, 0.29) is 45.1 Å². The Morgan fingerprint density at radius 3 is 2.70 bits per heavy atom. The highest BCUT2D eigenvalue weighted by Crippen LogP contribution is 2.40. The summed E-state index contributed by atoms with van der Waals surface area (Å²) >= 11 is 0. The number of ether oxygens (including phenoxy) is 2. The van der Waals surface area contributed by atoms with Crippen LogP contribution in [0, 0.1) is 24.0 Å². The number of rotatable bonds is 5. The van der Waals surface area contributed by atoms with Crippen LogP contribution in [-0.2, 0) is 17.9 Å². The first kappa shape index (κ1) is 26.9. The van der Waals surface area contributed by atoms with E-state index in [2.05, 4.69) is 30.3 Å². The van der Waals surface area contributed by atoms with Crippen molar-refractivity contribution < 1.29 is 18.3 Å². The normalized spacial score (nSPS) is 17.6. The van der Waals surface area contributed by atoms with Gasteiger partial charge >= 0.3 is 6.01 Å². The van der Waals surface area contributed by atoms with Crippen LogP contribution in [-0.4, -0.2) is 61.2 Å². The summed E-state index contributed by atoms with van der Waals surface area (Å²) in [7, 11) is 0. The summed E-state index contributed by atoms with van der Waals surface area (Å²) in [6, 6.07) is 8.17. The van der Waals surface area contributed by atoms with E-state index < -0.39 is 11.6 Å². The molecule has 2 fully saturated rings. The van der Waals surface area contributed by atoms with Gasteiger partial charge in [-0.15, -0.1) is 6.42 Å². The quantitative estimate of drug-likeness (QED) is 0.281. The van der Waals surface area contributed by atoms with Gasteiger partial charge in [0, 0.05) is 34.8 Å². The molecule has 0 amide bonds. The van der Waals surface area contributed by atoms with E-state index in [1.807, 2.05) is 12.1 Å². The van der Waals surface area contributed by atoms with Gasteiger partial charge in [-0.1, -0.05) is 5.92 Å². The molecule has 2 N–H and O–H groups in total. The van der Waals surface area contributed by atoms with Gasteiger partial charge in [-0.25, -0.2) is 13.8 Å². The molecule has 3 aliphatic heterocycles. The predicted octanol–water partition coefficient (Wildman–Crippen LogP) is 5.09. The molecule has 4 aromatic heterocycles. The molecule has 9 nitrogen and oxygen atoms in total. The smallest absolute Gasteiger partial charge is 0.317 e. The number of hydrogen-bond donors (Lipinski definition) is 1. The second kappa shape index (κ2) is 10.2. The average Bonchev–Trinajstić information content (AvgIpc) is 3.74. The van der Waals surface area contributed by atoms with Crippen molar-refractivity contribution in [3.8, 4) is 41.0 Å². The number of benzene rings is 1. The van der Waals surface area contributed by atoms with Gasteiger partial charge in [0.2, 0.25) is 0 Å². The molecule has 1 aromatic carbocycles. The fourth-order valence-corrected chi connectivity index (χ4v) is 7.23. The Labute approximate surface area is 252 Å². The lowest BCUT2D eigenvalue weighted by molar-refractivity contribution is 0.0855.